The summed E-state index contributed by atoms with van der Waals surface area (Å²) in [5, 5.41) is 15.9. The third kappa shape index (κ3) is 8.15. The van der Waals surface area contributed by atoms with Gasteiger partial charge in [0.15, 0.2) is 0 Å². The molecular weight excluding hydrogens is 366 g/mol. The zero-order valence-electron chi connectivity index (χ0n) is 17.6. The van der Waals surface area contributed by atoms with Crippen molar-refractivity contribution in [3.05, 3.63) is 35.9 Å². The third-order valence-corrected chi connectivity index (χ3v) is 5.83. The molecule has 29 heavy (non-hydrogen) atoms. The Morgan fingerprint density at radius 3 is 2.41 bits per heavy atom. The molecule has 0 aromatic heterocycles. The first-order valence-corrected chi connectivity index (χ1v) is 11.0. The van der Waals surface area contributed by atoms with Gasteiger partial charge < -0.3 is 21.5 Å². The standard InChI is InChI=1S/C23H37N3O3/c1-2-9-19(22(28)25-15-18-12-7-4-8-13-18)23(29)26-16-21(27)20(24)14-17-10-5-3-6-11-17/h4,7-8,12-13,17,19-21,27H,2-3,5-6,9-11,14-16,24H2,1H3,(H,25,28)(H,26,29)/t19?,20-,21?/m0/s1. The zero-order chi connectivity index (χ0) is 21.1. The van der Waals surface area contributed by atoms with Gasteiger partial charge in [0.2, 0.25) is 11.8 Å². The summed E-state index contributed by atoms with van der Waals surface area (Å²) in [7, 11) is 0. The number of aliphatic hydroxyl groups excluding tert-OH is 1. The van der Waals surface area contributed by atoms with Crippen LogP contribution in [0.2, 0.25) is 0 Å². The van der Waals surface area contributed by atoms with Crippen LogP contribution in [0.15, 0.2) is 30.3 Å². The van der Waals surface area contributed by atoms with Gasteiger partial charge in [-0.05, 0) is 24.3 Å². The predicted molar refractivity (Wildman–Crippen MR) is 115 cm³/mol. The molecule has 3 atom stereocenters. The molecule has 0 spiro atoms. The number of hydrogen-bond acceptors (Lipinski definition) is 4. The molecule has 0 aliphatic heterocycles. The number of benzene rings is 1. The fraction of sp³-hybridized carbons (Fsp3) is 0.652. The SMILES string of the molecule is CCCC(C(=O)NCc1ccccc1)C(=O)NCC(O)[C@@H](N)CC1CCCCC1. The average molecular weight is 404 g/mol. The molecule has 1 aromatic rings. The van der Waals surface area contributed by atoms with Crippen LogP contribution >= 0.6 is 0 Å². The van der Waals surface area contributed by atoms with Gasteiger partial charge in [-0.2, -0.15) is 0 Å². The average Bonchev–Trinajstić information content (AvgIpc) is 2.75. The minimum atomic E-state index is -0.796. The van der Waals surface area contributed by atoms with Crippen molar-refractivity contribution in [2.24, 2.45) is 17.6 Å². The quantitative estimate of drug-likeness (QED) is 0.426. The van der Waals surface area contributed by atoms with E-state index in [9.17, 15) is 14.7 Å². The molecule has 1 aliphatic rings. The Morgan fingerprint density at radius 2 is 1.76 bits per heavy atom. The molecule has 1 fully saturated rings. The molecule has 6 heteroatoms. The van der Waals surface area contributed by atoms with Gasteiger partial charge in [0.1, 0.15) is 5.92 Å². The van der Waals surface area contributed by atoms with Crippen LogP contribution in [0.25, 0.3) is 0 Å². The van der Waals surface area contributed by atoms with E-state index in [2.05, 4.69) is 10.6 Å². The predicted octanol–water partition coefficient (Wildman–Crippen LogP) is 2.49. The van der Waals surface area contributed by atoms with Crippen molar-refractivity contribution in [2.75, 3.05) is 6.54 Å². The maximum atomic E-state index is 12.6. The Morgan fingerprint density at radius 1 is 1.10 bits per heavy atom. The second kappa shape index (κ2) is 12.6. The highest BCUT2D eigenvalue weighted by Crippen LogP contribution is 2.27. The van der Waals surface area contributed by atoms with Gasteiger partial charge in [-0.25, -0.2) is 0 Å². The number of aliphatic hydroxyl groups is 1. The van der Waals surface area contributed by atoms with E-state index in [1.54, 1.807) is 0 Å². The maximum absolute atomic E-state index is 12.6. The highest BCUT2D eigenvalue weighted by Gasteiger charge is 2.27. The summed E-state index contributed by atoms with van der Waals surface area (Å²) >= 11 is 0. The van der Waals surface area contributed by atoms with Crippen LogP contribution in [-0.4, -0.2) is 35.6 Å². The van der Waals surface area contributed by atoms with Crippen molar-refractivity contribution in [1.29, 1.82) is 0 Å². The van der Waals surface area contributed by atoms with Crippen molar-refractivity contribution in [1.82, 2.24) is 10.6 Å². The van der Waals surface area contributed by atoms with E-state index in [1.165, 1.54) is 32.1 Å². The lowest BCUT2D eigenvalue weighted by Gasteiger charge is -2.27. The minimum Gasteiger partial charge on any atom is -0.390 e. The molecular formula is C23H37N3O3. The number of hydrogen-bond donors (Lipinski definition) is 4. The summed E-state index contributed by atoms with van der Waals surface area (Å²) < 4.78 is 0. The molecule has 2 unspecified atom stereocenters. The van der Waals surface area contributed by atoms with Crippen molar-refractivity contribution < 1.29 is 14.7 Å². The first-order chi connectivity index (χ1) is 14.0. The Bertz CT molecular complexity index is 617. The lowest BCUT2D eigenvalue weighted by atomic mass is 9.84. The van der Waals surface area contributed by atoms with Crippen LogP contribution in [-0.2, 0) is 16.1 Å². The smallest absolute Gasteiger partial charge is 0.232 e. The summed E-state index contributed by atoms with van der Waals surface area (Å²) in [4.78, 5) is 25.1. The Labute approximate surface area is 174 Å². The van der Waals surface area contributed by atoms with Gasteiger partial charge in [-0.15, -0.1) is 0 Å². The molecule has 2 rings (SSSR count). The zero-order valence-corrected chi connectivity index (χ0v) is 17.6. The number of nitrogens with two attached hydrogens (primary N) is 1. The molecule has 1 aliphatic carbocycles. The molecule has 0 radical (unpaired) electrons. The normalized spacial score (nSPS) is 17.9. The van der Waals surface area contributed by atoms with E-state index < -0.39 is 12.0 Å². The monoisotopic (exact) mass is 403 g/mol. The molecule has 1 saturated carbocycles. The Kier molecular flexibility index (Phi) is 10.2. The van der Waals surface area contributed by atoms with Gasteiger partial charge in [-0.3, -0.25) is 9.59 Å². The van der Waals surface area contributed by atoms with Crippen LogP contribution < -0.4 is 16.4 Å². The van der Waals surface area contributed by atoms with Crippen molar-refractivity contribution in [3.63, 3.8) is 0 Å². The summed E-state index contributed by atoms with van der Waals surface area (Å²) in [6.45, 7) is 2.42. The Balaban J connectivity index is 1.78. The summed E-state index contributed by atoms with van der Waals surface area (Å²) in [5.41, 5.74) is 7.15. The molecule has 6 nitrogen and oxygen atoms in total. The van der Waals surface area contributed by atoms with Crippen molar-refractivity contribution in [3.8, 4) is 0 Å². The number of carbonyl (C=O) groups is 2. The topological polar surface area (TPSA) is 104 Å². The van der Waals surface area contributed by atoms with Gasteiger partial charge in [0.05, 0.1) is 6.10 Å². The number of rotatable bonds is 11. The minimum absolute atomic E-state index is 0.0822. The highest BCUT2D eigenvalue weighted by molar-refractivity contribution is 6.00. The van der Waals surface area contributed by atoms with Crippen LogP contribution in [0, 0.1) is 11.8 Å². The fourth-order valence-corrected chi connectivity index (χ4v) is 4.02. The molecule has 0 heterocycles. The second-order valence-electron chi connectivity index (χ2n) is 8.26. The van der Waals surface area contributed by atoms with E-state index in [0.29, 0.717) is 18.9 Å². The molecule has 0 saturated heterocycles. The van der Waals surface area contributed by atoms with E-state index in [0.717, 1.165) is 18.4 Å². The molecule has 162 valence electrons. The third-order valence-electron chi connectivity index (χ3n) is 5.83. The molecule has 1 aromatic carbocycles. The number of carbonyl (C=O) groups excluding carboxylic acids is 2. The molecule has 2 amide bonds. The summed E-state index contributed by atoms with van der Waals surface area (Å²) in [6, 6.07) is 9.25. The maximum Gasteiger partial charge on any atom is 0.232 e. The molecule has 0 bridgehead atoms. The Hall–Kier alpha value is -1.92. The first-order valence-electron chi connectivity index (χ1n) is 11.0. The molecule has 5 N–H and O–H groups in total. The van der Waals surface area contributed by atoms with E-state index >= 15 is 0 Å². The highest BCUT2D eigenvalue weighted by atomic mass is 16.3. The first kappa shape index (κ1) is 23.4. The number of amides is 2. The number of nitrogens with one attached hydrogen (secondary N) is 2. The van der Waals surface area contributed by atoms with Crippen LogP contribution in [0.1, 0.15) is 63.9 Å². The largest absolute Gasteiger partial charge is 0.390 e. The summed E-state index contributed by atoms with van der Waals surface area (Å²) in [5.74, 6) is -0.818. The lowest BCUT2D eigenvalue weighted by molar-refractivity contribution is -0.136. The van der Waals surface area contributed by atoms with E-state index in [-0.39, 0.29) is 24.4 Å². The van der Waals surface area contributed by atoms with Crippen LogP contribution in [0.3, 0.4) is 0 Å². The van der Waals surface area contributed by atoms with Gasteiger partial charge in [-0.1, -0.05) is 75.8 Å². The van der Waals surface area contributed by atoms with Gasteiger partial charge in [0, 0.05) is 19.1 Å². The lowest BCUT2D eigenvalue weighted by Crippen LogP contribution is -2.47. The van der Waals surface area contributed by atoms with Crippen LogP contribution in [0.4, 0.5) is 0 Å². The van der Waals surface area contributed by atoms with Crippen molar-refractivity contribution in [2.45, 2.75) is 77.0 Å². The van der Waals surface area contributed by atoms with E-state index in [1.807, 2.05) is 37.3 Å². The van der Waals surface area contributed by atoms with Crippen molar-refractivity contribution >= 4 is 11.8 Å². The van der Waals surface area contributed by atoms with Crippen LogP contribution in [0.5, 0.6) is 0 Å². The summed E-state index contributed by atoms with van der Waals surface area (Å²) in [6.07, 6.45) is 7.29. The van der Waals surface area contributed by atoms with Gasteiger partial charge in [0.25, 0.3) is 0 Å². The second-order valence-corrected chi connectivity index (χ2v) is 8.26. The fourth-order valence-electron chi connectivity index (χ4n) is 4.02. The van der Waals surface area contributed by atoms with Gasteiger partial charge >= 0.3 is 0 Å². The van der Waals surface area contributed by atoms with E-state index in [4.69, 9.17) is 5.73 Å².